The molecule has 1 aromatic carbocycles. The Morgan fingerprint density at radius 3 is 2.81 bits per heavy atom. The Labute approximate surface area is 150 Å². The minimum absolute atomic E-state index is 0.114. The molecular formula is C19H21FN4O2. The van der Waals surface area contributed by atoms with Gasteiger partial charge in [-0.15, -0.1) is 0 Å². The first-order valence-corrected chi connectivity index (χ1v) is 9.01. The van der Waals surface area contributed by atoms with Crippen molar-refractivity contribution < 1.29 is 14.0 Å². The molecule has 0 radical (unpaired) electrons. The number of rotatable bonds is 3. The SMILES string of the molecule is O=C(Nc1ccc(F)c(C2CC2)c1)C(=O)N1CCCC(c2ncc[nH]2)C1. The van der Waals surface area contributed by atoms with Crippen molar-refractivity contribution in [1.29, 1.82) is 0 Å². The van der Waals surface area contributed by atoms with E-state index in [1.807, 2.05) is 0 Å². The van der Waals surface area contributed by atoms with Crippen molar-refractivity contribution in [3.8, 4) is 0 Å². The molecule has 1 atom stereocenters. The van der Waals surface area contributed by atoms with Crippen LogP contribution in [0.2, 0.25) is 0 Å². The normalized spacial score (nSPS) is 20.0. The van der Waals surface area contributed by atoms with Crippen LogP contribution in [0.3, 0.4) is 0 Å². The summed E-state index contributed by atoms with van der Waals surface area (Å²) >= 11 is 0. The van der Waals surface area contributed by atoms with Gasteiger partial charge in [0, 0.05) is 37.1 Å². The lowest BCUT2D eigenvalue weighted by molar-refractivity contribution is -0.144. The van der Waals surface area contributed by atoms with Gasteiger partial charge in [-0.05, 0) is 55.4 Å². The number of hydrogen-bond acceptors (Lipinski definition) is 3. The van der Waals surface area contributed by atoms with Gasteiger partial charge in [-0.25, -0.2) is 9.37 Å². The first kappa shape index (κ1) is 16.8. The number of H-pyrrole nitrogens is 1. The van der Waals surface area contributed by atoms with Crippen LogP contribution in [0.15, 0.2) is 30.6 Å². The van der Waals surface area contributed by atoms with Crippen LogP contribution in [0, 0.1) is 5.82 Å². The second-order valence-electron chi connectivity index (χ2n) is 7.03. The number of benzene rings is 1. The lowest BCUT2D eigenvalue weighted by Crippen LogP contribution is -2.44. The monoisotopic (exact) mass is 356 g/mol. The van der Waals surface area contributed by atoms with Gasteiger partial charge in [0.25, 0.3) is 0 Å². The second-order valence-corrected chi connectivity index (χ2v) is 7.03. The number of imidazole rings is 1. The van der Waals surface area contributed by atoms with Crippen LogP contribution in [0.25, 0.3) is 0 Å². The smallest absolute Gasteiger partial charge is 0.313 e. The van der Waals surface area contributed by atoms with Gasteiger partial charge in [0.05, 0.1) is 0 Å². The van der Waals surface area contributed by atoms with Crippen molar-refractivity contribution >= 4 is 17.5 Å². The fourth-order valence-corrected chi connectivity index (χ4v) is 3.54. The number of aromatic nitrogens is 2. The third-order valence-electron chi connectivity index (χ3n) is 5.08. The summed E-state index contributed by atoms with van der Waals surface area (Å²) in [6.45, 7) is 1.02. The molecule has 2 aliphatic rings. The molecule has 1 unspecified atom stereocenters. The molecule has 26 heavy (non-hydrogen) atoms. The summed E-state index contributed by atoms with van der Waals surface area (Å²) in [4.78, 5) is 33.8. The number of aromatic amines is 1. The van der Waals surface area contributed by atoms with Crippen molar-refractivity contribution in [1.82, 2.24) is 14.9 Å². The zero-order valence-electron chi connectivity index (χ0n) is 14.4. The first-order valence-electron chi connectivity index (χ1n) is 9.01. The van der Waals surface area contributed by atoms with E-state index in [0.717, 1.165) is 31.5 Å². The lowest BCUT2D eigenvalue weighted by atomic mass is 9.97. The summed E-state index contributed by atoms with van der Waals surface area (Å²) in [5.41, 5.74) is 1.08. The van der Waals surface area contributed by atoms with Crippen LogP contribution in [-0.2, 0) is 9.59 Å². The molecule has 1 saturated heterocycles. The number of likely N-dealkylation sites (tertiary alicyclic amines) is 1. The lowest BCUT2D eigenvalue weighted by Gasteiger charge is -2.31. The number of carbonyl (C=O) groups excluding carboxylic acids is 2. The van der Waals surface area contributed by atoms with Gasteiger partial charge in [-0.3, -0.25) is 9.59 Å². The molecule has 2 N–H and O–H groups in total. The van der Waals surface area contributed by atoms with Gasteiger partial charge in [-0.2, -0.15) is 0 Å². The predicted octanol–water partition coefficient (Wildman–Crippen LogP) is 2.77. The maximum atomic E-state index is 13.8. The van der Waals surface area contributed by atoms with Crippen LogP contribution in [-0.4, -0.2) is 39.8 Å². The van der Waals surface area contributed by atoms with E-state index in [-0.39, 0.29) is 17.7 Å². The van der Waals surface area contributed by atoms with Gasteiger partial charge in [0.2, 0.25) is 0 Å². The molecule has 1 aliphatic carbocycles. The van der Waals surface area contributed by atoms with Crippen LogP contribution in [0.1, 0.15) is 48.9 Å². The molecular weight excluding hydrogens is 335 g/mol. The van der Waals surface area contributed by atoms with Crippen LogP contribution in [0.4, 0.5) is 10.1 Å². The molecule has 6 nitrogen and oxygen atoms in total. The largest absolute Gasteiger partial charge is 0.348 e. The highest BCUT2D eigenvalue weighted by Gasteiger charge is 2.30. The fourth-order valence-electron chi connectivity index (χ4n) is 3.54. The van der Waals surface area contributed by atoms with Gasteiger partial charge in [-0.1, -0.05) is 0 Å². The molecule has 2 fully saturated rings. The quantitative estimate of drug-likeness (QED) is 0.830. The number of anilines is 1. The minimum atomic E-state index is -0.682. The van der Waals surface area contributed by atoms with E-state index >= 15 is 0 Å². The van der Waals surface area contributed by atoms with Gasteiger partial charge >= 0.3 is 11.8 Å². The van der Waals surface area contributed by atoms with Crippen molar-refractivity contribution in [2.75, 3.05) is 18.4 Å². The van der Waals surface area contributed by atoms with E-state index in [9.17, 15) is 14.0 Å². The third kappa shape index (κ3) is 3.47. The first-order chi connectivity index (χ1) is 12.6. The Morgan fingerprint density at radius 2 is 2.08 bits per heavy atom. The number of piperidine rings is 1. The number of halogens is 1. The maximum absolute atomic E-state index is 13.8. The second kappa shape index (κ2) is 6.90. The van der Waals surface area contributed by atoms with E-state index in [1.165, 1.54) is 12.1 Å². The Hall–Kier alpha value is -2.70. The average Bonchev–Trinajstić information content (AvgIpc) is 3.35. The molecule has 0 spiro atoms. The number of carbonyl (C=O) groups is 2. The summed E-state index contributed by atoms with van der Waals surface area (Å²) in [7, 11) is 0. The highest BCUT2D eigenvalue weighted by Crippen LogP contribution is 2.42. The Bertz CT molecular complexity index is 817. The van der Waals surface area contributed by atoms with E-state index in [4.69, 9.17) is 0 Å². The molecule has 1 saturated carbocycles. The number of nitrogens with one attached hydrogen (secondary N) is 2. The van der Waals surface area contributed by atoms with E-state index in [2.05, 4.69) is 15.3 Å². The van der Waals surface area contributed by atoms with E-state index < -0.39 is 11.8 Å². The fraction of sp³-hybridized carbons (Fsp3) is 0.421. The summed E-state index contributed by atoms with van der Waals surface area (Å²) in [5.74, 6) is -0.303. The average molecular weight is 356 g/mol. The van der Waals surface area contributed by atoms with Crippen LogP contribution in [0.5, 0.6) is 0 Å². The highest BCUT2D eigenvalue weighted by atomic mass is 19.1. The van der Waals surface area contributed by atoms with Gasteiger partial charge in [0.1, 0.15) is 11.6 Å². The predicted molar refractivity (Wildman–Crippen MR) is 94.1 cm³/mol. The van der Waals surface area contributed by atoms with Crippen molar-refractivity contribution in [3.05, 3.63) is 47.8 Å². The standard InChI is InChI=1S/C19H21FN4O2/c20-16-6-5-14(10-15(16)12-3-4-12)23-18(25)19(26)24-9-1-2-13(11-24)17-21-7-8-22-17/h5-8,10,12-13H,1-4,9,11H2,(H,21,22)(H,23,25). The molecule has 2 heterocycles. The summed E-state index contributed by atoms with van der Waals surface area (Å²) in [5, 5.41) is 2.62. The summed E-state index contributed by atoms with van der Waals surface area (Å²) in [6, 6.07) is 4.48. The molecule has 1 aliphatic heterocycles. The minimum Gasteiger partial charge on any atom is -0.348 e. The third-order valence-corrected chi connectivity index (χ3v) is 5.08. The number of nitrogens with zero attached hydrogens (tertiary/aromatic N) is 2. The molecule has 0 bridgehead atoms. The number of amides is 2. The molecule has 1 aromatic heterocycles. The Balaban J connectivity index is 1.41. The zero-order chi connectivity index (χ0) is 18.1. The van der Waals surface area contributed by atoms with Gasteiger partial charge < -0.3 is 15.2 Å². The molecule has 136 valence electrons. The van der Waals surface area contributed by atoms with Crippen molar-refractivity contribution in [2.24, 2.45) is 0 Å². The van der Waals surface area contributed by atoms with E-state index in [1.54, 1.807) is 23.4 Å². The maximum Gasteiger partial charge on any atom is 0.313 e. The van der Waals surface area contributed by atoms with Crippen molar-refractivity contribution in [3.63, 3.8) is 0 Å². The number of hydrogen-bond donors (Lipinski definition) is 2. The molecule has 4 rings (SSSR count). The zero-order valence-corrected chi connectivity index (χ0v) is 14.4. The van der Waals surface area contributed by atoms with Crippen LogP contribution < -0.4 is 5.32 Å². The Morgan fingerprint density at radius 1 is 1.23 bits per heavy atom. The van der Waals surface area contributed by atoms with Gasteiger partial charge in [0.15, 0.2) is 0 Å². The van der Waals surface area contributed by atoms with E-state index in [0.29, 0.717) is 24.3 Å². The summed E-state index contributed by atoms with van der Waals surface area (Å²) in [6.07, 6.45) is 7.14. The van der Waals surface area contributed by atoms with Crippen LogP contribution >= 0.6 is 0 Å². The van der Waals surface area contributed by atoms with Crippen molar-refractivity contribution in [2.45, 2.75) is 37.5 Å². The topological polar surface area (TPSA) is 78.1 Å². The molecule has 7 heteroatoms. The highest BCUT2D eigenvalue weighted by molar-refractivity contribution is 6.39. The Kier molecular flexibility index (Phi) is 4.44. The summed E-state index contributed by atoms with van der Waals surface area (Å²) < 4.78 is 13.8. The molecule has 2 aromatic rings. The molecule has 2 amide bonds.